The molecule has 1 aliphatic heterocycles. The van der Waals surface area contributed by atoms with Crippen LogP contribution in [0.15, 0.2) is 59.8 Å². The van der Waals surface area contributed by atoms with Gasteiger partial charge in [0.2, 0.25) is 0 Å². The van der Waals surface area contributed by atoms with Gasteiger partial charge in [-0.3, -0.25) is 4.79 Å². The van der Waals surface area contributed by atoms with Crippen LogP contribution in [0.3, 0.4) is 0 Å². The van der Waals surface area contributed by atoms with Crippen molar-refractivity contribution < 1.29 is 4.74 Å². The molecule has 0 saturated carbocycles. The molecule has 0 unspecified atom stereocenters. The third kappa shape index (κ3) is 4.51. The first-order chi connectivity index (χ1) is 16.0. The van der Waals surface area contributed by atoms with E-state index in [-0.39, 0.29) is 5.56 Å². The fraction of sp³-hybridized carbons (Fsp3) is 0.280. The molecule has 0 atom stereocenters. The molecule has 0 radical (unpaired) electrons. The monoisotopic (exact) mass is 482 g/mol. The van der Waals surface area contributed by atoms with Gasteiger partial charge in [-0.05, 0) is 41.8 Å². The summed E-state index contributed by atoms with van der Waals surface area (Å²) < 4.78 is 9.26. The zero-order valence-corrected chi connectivity index (χ0v) is 19.8. The first-order valence-corrected chi connectivity index (χ1v) is 11.7. The second kappa shape index (κ2) is 9.21. The van der Waals surface area contributed by atoms with Crippen molar-refractivity contribution >= 4 is 39.9 Å². The van der Waals surface area contributed by atoms with Crippen molar-refractivity contribution in [3.63, 3.8) is 0 Å². The van der Waals surface area contributed by atoms with Crippen LogP contribution in [-0.2, 0) is 18.3 Å². The van der Waals surface area contributed by atoms with Gasteiger partial charge in [0.1, 0.15) is 5.65 Å². The Morgan fingerprint density at radius 3 is 2.76 bits per heavy atom. The highest BCUT2D eigenvalue weighted by Crippen LogP contribution is 2.31. The molecule has 1 aliphatic rings. The molecule has 0 spiro atoms. The van der Waals surface area contributed by atoms with Crippen molar-refractivity contribution in [2.75, 3.05) is 31.2 Å². The number of nitrogens with zero attached hydrogens (tertiary/aromatic N) is 4. The van der Waals surface area contributed by atoms with Crippen LogP contribution in [-0.4, -0.2) is 40.4 Å². The summed E-state index contributed by atoms with van der Waals surface area (Å²) in [6.45, 7) is 3.73. The van der Waals surface area contributed by atoms with Crippen molar-refractivity contribution in [1.82, 2.24) is 14.1 Å². The standard InChI is InChI=1S/C25H24Cl2N4O2/c1-29-16-21(20-13-19(14-28-25(20)29)30-6-2-9-33-10-8-30)18-5-7-31(24(32)12-18)15-17-3-4-22(26)23(27)11-17/h3-5,7,11-14,16H,2,6,8-10,15H2,1H3. The Kier molecular flexibility index (Phi) is 6.15. The molecule has 0 amide bonds. The van der Waals surface area contributed by atoms with Crippen LogP contribution in [0.25, 0.3) is 22.2 Å². The summed E-state index contributed by atoms with van der Waals surface area (Å²) >= 11 is 12.1. The Bertz CT molecular complexity index is 1370. The fourth-order valence-electron chi connectivity index (χ4n) is 4.30. The normalized spacial score (nSPS) is 14.6. The molecule has 0 N–H and O–H groups in total. The van der Waals surface area contributed by atoms with E-state index in [4.69, 9.17) is 32.9 Å². The quantitative estimate of drug-likeness (QED) is 0.411. The maximum Gasteiger partial charge on any atom is 0.251 e. The predicted molar refractivity (Wildman–Crippen MR) is 134 cm³/mol. The molecule has 3 aromatic heterocycles. The highest BCUT2D eigenvalue weighted by molar-refractivity contribution is 6.42. The average molecular weight is 483 g/mol. The topological polar surface area (TPSA) is 52.3 Å². The van der Waals surface area contributed by atoms with E-state index in [1.807, 2.05) is 42.3 Å². The smallest absolute Gasteiger partial charge is 0.251 e. The first-order valence-electron chi connectivity index (χ1n) is 10.9. The van der Waals surface area contributed by atoms with E-state index in [2.05, 4.69) is 11.0 Å². The summed E-state index contributed by atoms with van der Waals surface area (Å²) in [5, 5.41) is 2.01. The summed E-state index contributed by atoms with van der Waals surface area (Å²) in [4.78, 5) is 20.0. The molecule has 1 aromatic carbocycles. The first kappa shape index (κ1) is 22.0. The van der Waals surface area contributed by atoms with Gasteiger partial charge in [0.05, 0.1) is 35.1 Å². The molecule has 8 heteroatoms. The van der Waals surface area contributed by atoms with E-state index in [0.29, 0.717) is 16.6 Å². The number of aryl methyl sites for hydroxylation is 1. The molecule has 0 aliphatic carbocycles. The maximum absolute atomic E-state index is 12.9. The maximum atomic E-state index is 12.9. The number of hydrogen-bond acceptors (Lipinski definition) is 4. The van der Waals surface area contributed by atoms with Crippen LogP contribution in [0.1, 0.15) is 12.0 Å². The lowest BCUT2D eigenvalue weighted by Gasteiger charge is -2.21. The Labute approximate surface area is 201 Å². The number of pyridine rings is 2. The molecule has 0 bridgehead atoms. The summed E-state index contributed by atoms with van der Waals surface area (Å²) in [6, 6.07) is 11.2. The van der Waals surface area contributed by atoms with Crippen LogP contribution in [0.2, 0.25) is 10.0 Å². The van der Waals surface area contributed by atoms with E-state index in [1.165, 1.54) is 0 Å². The van der Waals surface area contributed by atoms with Crippen molar-refractivity contribution in [2.24, 2.45) is 7.05 Å². The lowest BCUT2D eigenvalue weighted by atomic mass is 10.1. The second-order valence-electron chi connectivity index (χ2n) is 8.30. The molecule has 1 saturated heterocycles. The van der Waals surface area contributed by atoms with Crippen LogP contribution in [0.4, 0.5) is 5.69 Å². The van der Waals surface area contributed by atoms with Crippen LogP contribution >= 0.6 is 23.2 Å². The van der Waals surface area contributed by atoms with E-state index in [0.717, 1.165) is 66.1 Å². The molecular formula is C25H24Cl2N4O2. The molecular weight excluding hydrogens is 459 g/mol. The number of anilines is 1. The molecule has 1 fully saturated rings. The number of fused-ring (bicyclic) bond motifs is 1. The minimum absolute atomic E-state index is 0.0793. The zero-order chi connectivity index (χ0) is 22.9. The number of hydrogen-bond donors (Lipinski definition) is 0. The molecule has 4 heterocycles. The fourth-order valence-corrected chi connectivity index (χ4v) is 4.62. The van der Waals surface area contributed by atoms with Crippen LogP contribution < -0.4 is 10.5 Å². The van der Waals surface area contributed by atoms with Gasteiger partial charge < -0.3 is 18.8 Å². The summed E-state index contributed by atoms with van der Waals surface area (Å²) in [5.74, 6) is 0. The molecule has 170 valence electrons. The Morgan fingerprint density at radius 2 is 1.94 bits per heavy atom. The minimum Gasteiger partial charge on any atom is -0.380 e. The Morgan fingerprint density at radius 1 is 1.06 bits per heavy atom. The van der Waals surface area contributed by atoms with Crippen molar-refractivity contribution in [1.29, 1.82) is 0 Å². The number of rotatable bonds is 4. The van der Waals surface area contributed by atoms with Gasteiger partial charge in [0, 0.05) is 56.2 Å². The highest BCUT2D eigenvalue weighted by atomic mass is 35.5. The van der Waals surface area contributed by atoms with Crippen molar-refractivity contribution in [3.8, 4) is 11.1 Å². The number of ether oxygens (including phenoxy) is 1. The van der Waals surface area contributed by atoms with Crippen LogP contribution in [0, 0.1) is 0 Å². The van der Waals surface area contributed by atoms with E-state index in [9.17, 15) is 4.79 Å². The Balaban J connectivity index is 1.49. The van der Waals surface area contributed by atoms with Gasteiger partial charge in [-0.1, -0.05) is 29.3 Å². The second-order valence-corrected chi connectivity index (χ2v) is 9.12. The van der Waals surface area contributed by atoms with Crippen molar-refractivity contribution in [2.45, 2.75) is 13.0 Å². The predicted octanol–water partition coefficient (Wildman–Crippen LogP) is 4.98. The van der Waals surface area contributed by atoms with Gasteiger partial charge in [-0.25, -0.2) is 4.98 Å². The van der Waals surface area contributed by atoms with E-state index >= 15 is 0 Å². The third-order valence-electron chi connectivity index (χ3n) is 6.03. The summed E-state index contributed by atoms with van der Waals surface area (Å²) in [7, 11) is 1.98. The number of benzene rings is 1. The van der Waals surface area contributed by atoms with Gasteiger partial charge in [-0.15, -0.1) is 0 Å². The highest BCUT2D eigenvalue weighted by Gasteiger charge is 2.16. The minimum atomic E-state index is -0.0793. The SMILES string of the molecule is Cn1cc(-c2ccn(Cc3ccc(Cl)c(Cl)c3)c(=O)c2)c2cc(N3CCCOCC3)cnc21. The van der Waals surface area contributed by atoms with E-state index in [1.54, 1.807) is 22.8 Å². The number of halogens is 2. The van der Waals surface area contributed by atoms with Gasteiger partial charge in [0.25, 0.3) is 5.56 Å². The third-order valence-corrected chi connectivity index (χ3v) is 6.77. The largest absolute Gasteiger partial charge is 0.380 e. The molecule has 6 nitrogen and oxygen atoms in total. The molecule has 5 rings (SSSR count). The summed E-state index contributed by atoms with van der Waals surface area (Å²) in [6.07, 6.45) is 6.77. The van der Waals surface area contributed by atoms with Gasteiger partial charge in [-0.2, -0.15) is 0 Å². The lowest BCUT2D eigenvalue weighted by Crippen LogP contribution is -2.25. The van der Waals surface area contributed by atoms with E-state index < -0.39 is 0 Å². The molecule has 33 heavy (non-hydrogen) atoms. The average Bonchev–Trinajstić information content (AvgIpc) is 2.97. The number of aromatic nitrogens is 3. The lowest BCUT2D eigenvalue weighted by molar-refractivity contribution is 0.152. The van der Waals surface area contributed by atoms with Crippen LogP contribution in [0.5, 0.6) is 0 Å². The van der Waals surface area contributed by atoms with Crippen molar-refractivity contribution in [3.05, 3.63) is 81.0 Å². The molecule has 4 aromatic rings. The van der Waals surface area contributed by atoms with Gasteiger partial charge >= 0.3 is 0 Å². The Hall–Kier alpha value is -2.80. The van der Waals surface area contributed by atoms with Gasteiger partial charge in [0.15, 0.2) is 0 Å². The zero-order valence-electron chi connectivity index (χ0n) is 18.3. The summed E-state index contributed by atoms with van der Waals surface area (Å²) in [5.41, 5.74) is 4.66.